The lowest BCUT2D eigenvalue weighted by Gasteiger charge is -2.23. The Kier molecular flexibility index (Phi) is 6.44. The normalized spacial score (nSPS) is 16.9. The summed E-state index contributed by atoms with van der Waals surface area (Å²) in [5.41, 5.74) is 2.16. The highest BCUT2D eigenvalue weighted by Gasteiger charge is 2.29. The Hall–Kier alpha value is -1.58. The molecule has 1 aromatic carbocycles. The SMILES string of the molecule is CC(=O)OC1CCc2c(S(=O)Nc3ccc(C#N)cc3F)cn(SI)c2C1. The van der Waals surface area contributed by atoms with Crippen molar-refractivity contribution in [3.63, 3.8) is 0 Å². The zero-order valence-electron chi connectivity index (χ0n) is 14.2. The molecule has 1 heterocycles. The van der Waals surface area contributed by atoms with E-state index in [1.54, 1.807) is 6.20 Å². The molecule has 2 unspecified atom stereocenters. The highest BCUT2D eigenvalue weighted by atomic mass is 127. The fourth-order valence-electron chi connectivity index (χ4n) is 3.02. The van der Waals surface area contributed by atoms with Gasteiger partial charge in [0.1, 0.15) is 11.9 Å². The van der Waals surface area contributed by atoms with Gasteiger partial charge in [-0.1, -0.05) is 0 Å². The van der Waals surface area contributed by atoms with Crippen LogP contribution in [0.5, 0.6) is 0 Å². The molecule has 0 aliphatic heterocycles. The standard InChI is InChI=1S/C17H15FIN3O3S2/c1-10(23)25-12-3-4-13-16(7-12)22(26-19)9-17(13)27(24)21-15-5-2-11(8-20)6-14(15)18/h2,5-6,9,12,21H,3-4,7H2,1H3. The number of benzene rings is 1. The van der Waals surface area contributed by atoms with Crippen molar-refractivity contribution < 1.29 is 18.1 Å². The maximum absolute atomic E-state index is 14.1. The molecule has 0 fully saturated rings. The summed E-state index contributed by atoms with van der Waals surface area (Å²) in [7, 11) is -0.233. The first kappa shape index (κ1) is 20.2. The van der Waals surface area contributed by atoms with Crippen LogP contribution in [0.2, 0.25) is 0 Å². The molecule has 1 aromatic heterocycles. The molecule has 0 amide bonds. The Morgan fingerprint density at radius 3 is 2.96 bits per heavy atom. The van der Waals surface area contributed by atoms with Gasteiger partial charge in [0, 0.05) is 55.6 Å². The van der Waals surface area contributed by atoms with E-state index in [1.165, 1.54) is 28.2 Å². The van der Waals surface area contributed by atoms with Gasteiger partial charge >= 0.3 is 5.97 Å². The van der Waals surface area contributed by atoms with Gasteiger partial charge in [-0.15, -0.1) is 0 Å². The molecule has 10 heteroatoms. The highest BCUT2D eigenvalue weighted by molar-refractivity contribution is 14.2. The van der Waals surface area contributed by atoms with Crippen LogP contribution in [-0.4, -0.2) is 20.3 Å². The van der Waals surface area contributed by atoms with Crippen LogP contribution in [0, 0.1) is 17.1 Å². The second-order valence-electron chi connectivity index (χ2n) is 5.96. The molecular weight excluding hydrogens is 504 g/mol. The number of rotatable bonds is 5. The minimum absolute atomic E-state index is 0.0737. The van der Waals surface area contributed by atoms with E-state index < -0.39 is 16.8 Å². The van der Waals surface area contributed by atoms with Gasteiger partial charge in [0.2, 0.25) is 0 Å². The summed E-state index contributed by atoms with van der Waals surface area (Å²) in [5, 5.41) is 8.82. The van der Waals surface area contributed by atoms with Crippen LogP contribution < -0.4 is 4.72 Å². The molecule has 1 aliphatic rings. The van der Waals surface area contributed by atoms with Crippen molar-refractivity contribution >= 4 is 53.0 Å². The predicted molar refractivity (Wildman–Crippen MR) is 110 cm³/mol. The maximum atomic E-state index is 14.1. The molecule has 6 nitrogen and oxygen atoms in total. The maximum Gasteiger partial charge on any atom is 0.302 e. The lowest BCUT2D eigenvalue weighted by atomic mass is 9.95. The van der Waals surface area contributed by atoms with Crippen molar-refractivity contribution in [3.8, 4) is 6.07 Å². The number of halogens is 2. The second kappa shape index (κ2) is 8.62. The monoisotopic (exact) mass is 519 g/mol. The summed E-state index contributed by atoms with van der Waals surface area (Å²) >= 11 is 2.13. The number of esters is 1. The number of hydrogen-bond donors (Lipinski definition) is 1. The smallest absolute Gasteiger partial charge is 0.302 e. The average Bonchev–Trinajstić information content (AvgIpc) is 3.01. The largest absolute Gasteiger partial charge is 0.462 e. The van der Waals surface area contributed by atoms with E-state index in [9.17, 15) is 13.4 Å². The molecule has 1 N–H and O–H groups in total. The van der Waals surface area contributed by atoms with Gasteiger partial charge in [-0.05, 0) is 36.6 Å². The molecule has 0 saturated heterocycles. The van der Waals surface area contributed by atoms with E-state index in [-0.39, 0.29) is 23.3 Å². The average molecular weight is 519 g/mol. The number of carbonyl (C=O) groups excluding carboxylic acids is 1. The van der Waals surface area contributed by atoms with Crippen LogP contribution in [0.15, 0.2) is 29.3 Å². The lowest BCUT2D eigenvalue weighted by molar-refractivity contribution is -0.146. The summed E-state index contributed by atoms with van der Waals surface area (Å²) in [5.74, 6) is -0.945. The number of fused-ring (bicyclic) bond motifs is 1. The Morgan fingerprint density at radius 2 is 2.33 bits per heavy atom. The van der Waals surface area contributed by atoms with E-state index in [1.807, 2.05) is 10.0 Å². The van der Waals surface area contributed by atoms with E-state index in [4.69, 9.17) is 10.00 Å². The van der Waals surface area contributed by atoms with Crippen LogP contribution in [0.1, 0.15) is 30.2 Å². The number of hydrogen-bond acceptors (Lipinski definition) is 5. The molecule has 1 aliphatic carbocycles. The number of nitrogens with one attached hydrogen (secondary N) is 1. The molecule has 142 valence electrons. The summed E-state index contributed by atoms with van der Waals surface area (Å²) in [6, 6.07) is 5.83. The summed E-state index contributed by atoms with van der Waals surface area (Å²) in [4.78, 5) is 11.8. The van der Waals surface area contributed by atoms with Gasteiger partial charge in [0.05, 0.1) is 22.2 Å². The van der Waals surface area contributed by atoms with E-state index in [0.29, 0.717) is 24.2 Å². The van der Waals surface area contributed by atoms with E-state index in [2.05, 4.69) is 25.9 Å². The van der Waals surface area contributed by atoms with Crippen LogP contribution in [0.3, 0.4) is 0 Å². The minimum atomic E-state index is -1.66. The van der Waals surface area contributed by atoms with Crippen molar-refractivity contribution in [2.75, 3.05) is 4.72 Å². The number of anilines is 1. The highest BCUT2D eigenvalue weighted by Crippen LogP contribution is 2.34. The molecule has 2 atom stereocenters. The fraction of sp³-hybridized carbons (Fsp3) is 0.294. The van der Waals surface area contributed by atoms with Gasteiger partial charge in [0.15, 0.2) is 11.0 Å². The number of ether oxygens (including phenoxy) is 1. The summed E-state index contributed by atoms with van der Waals surface area (Å²) < 4.78 is 36.8. The molecule has 3 rings (SSSR count). The zero-order chi connectivity index (χ0) is 19.6. The van der Waals surface area contributed by atoms with Crippen LogP contribution in [0.4, 0.5) is 10.1 Å². The topological polar surface area (TPSA) is 84.1 Å². The van der Waals surface area contributed by atoms with Crippen LogP contribution in [-0.2, 0) is 33.4 Å². The summed E-state index contributed by atoms with van der Waals surface area (Å²) in [6.45, 7) is 1.39. The first-order chi connectivity index (χ1) is 12.9. The lowest BCUT2D eigenvalue weighted by Crippen LogP contribution is -2.25. The Balaban J connectivity index is 1.85. The molecule has 0 radical (unpaired) electrons. The third kappa shape index (κ3) is 4.47. The Morgan fingerprint density at radius 1 is 1.56 bits per heavy atom. The summed E-state index contributed by atoms with van der Waals surface area (Å²) in [6.07, 6.45) is 3.39. The Bertz CT molecular complexity index is 958. The third-order valence-corrected chi connectivity index (χ3v) is 7.10. The number of aromatic nitrogens is 1. The first-order valence-electron chi connectivity index (χ1n) is 8.00. The van der Waals surface area contributed by atoms with Gasteiger partial charge in [-0.3, -0.25) is 13.5 Å². The van der Waals surface area contributed by atoms with Crippen molar-refractivity contribution in [3.05, 3.63) is 47.0 Å². The molecule has 27 heavy (non-hydrogen) atoms. The number of nitriles is 1. The second-order valence-corrected chi connectivity index (χ2v) is 8.86. The van der Waals surface area contributed by atoms with Gasteiger partial charge in [0.25, 0.3) is 0 Å². The minimum Gasteiger partial charge on any atom is -0.462 e. The fourth-order valence-corrected chi connectivity index (χ4v) is 5.67. The number of carbonyl (C=O) groups is 1. The molecule has 0 spiro atoms. The van der Waals surface area contributed by atoms with Gasteiger partial charge < -0.3 is 4.74 Å². The molecular formula is C17H15FIN3O3S2. The molecule has 0 bridgehead atoms. The predicted octanol–water partition coefficient (Wildman–Crippen LogP) is 3.90. The Labute approximate surface area is 174 Å². The molecule has 2 aromatic rings. The molecule has 0 saturated carbocycles. The third-order valence-electron chi connectivity index (χ3n) is 4.19. The quantitative estimate of drug-likeness (QED) is 0.479. The van der Waals surface area contributed by atoms with E-state index >= 15 is 0 Å². The zero-order valence-corrected chi connectivity index (χ0v) is 18.0. The van der Waals surface area contributed by atoms with Crippen LogP contribution >= 0.6 is 30.3 Å². The van der Waals surface area contributed by atoms with Crippen molar-refractivity contribution in [2.24, 2.45) is 0 Å². The van der Waals surface area contributed by atoms with Crippen LogP contribution in [0.25, 0.3) is 0 Å². The van der Waals surface area contributed by atoms with Gasteiger partial charge in [-0.25, -0.2) is 8.60 Å². The van der Waals surface area contributed by atoms with E-state index in [0.717, 1.165) is 17.3 Å². The van der Waals surface area contributed by atoms with Crippen molar-refractivity contribution in [2.45, 2.75) is 37.2 Å². The first-order valence-corrected chi connectivity index (χ1v) is 12.5. The van der Waals surface area contributed by atoms with Gasteiger partial charge in [-0.2, -0.15) is 5.26 Å². The van der Waals surface area contributed by atoms with Crippen molar-refractivity contribution in [1.82, 2.24) is 3.97 Å². The van der Waals surface area contributed by atoms with Crippen molar-refractivity contribution in [1.29, 1.82) is 5.26 Å². The number of nitrogens with zero attached hydrogens (tertiary/aromatic N) is 2.